The van der Waals surface area contributed by atoms with E-state index in [0.29, 0.717) is 0 Å². The molecule has 1 heterocycles. The van der Waals surface area contributed by atoms with E-state index in [0.717, 1.165) is 18.7 Å². The Morgan fingerprint density at radius 3 is 2.92 bits per heavy atom. The molecule has 0 aliphatic rings. The average Bonchev–Trinajstić information content (AvgIpc) is 2.45. The van der Waals surface area contributed by atoms with Gasteiger partial charge in [-0.2, -0.15) is 11.8 Å². The van der Waals surface area contributed by atoms with Gasteiger partial charge in [0.25, 0.3) is 0 Å². The second kappa shape index (κ2) is 6.02. The number of nitrogens with two attached hydrogens (primary N) is 1. The summed E-state index contributed by atoms with van der Waals surface area (Å²) < 4.78 is 1.22. The first-order valence-corrected chi connectivity index (χ1v) is 6.61. The molecule has 0 aliphatic carbocycles. The van der Waals surface area contributed by atoms with Gasteiger partial charge in [-0.25, -0.2) is 0 Å². The van der Waals surface area contributed by atoms with Crippen LogP contribution in [0.1, 0.15) is 11.3 Å². The van der Waals surface area contributed by atoms with Crippen LogP contribution in [0.2, 0.25) is 0 Å². The summed E-state index contributed by atoms with van der Waals surface area (Å²) >= 11 is 7.21. The largest absolute Gasteiger partial charge is 0.330 e. The zero-order valence-electron chi connectivity index (χ0n) is 6.75. The molecule has 0 amide bonds. The van der Waals surface area contributed by atoms with Crippen LogP contribution in [0.3, 0.4) is 0 Å². The smallest absolute Gasteiger partial charge is 0.0701 e. The summed E-state index contributed by atoms with van der Waals surface area (Å²) in [7, 11) is 0. The van der Waals surface area contributed by atoms with Crippen molar-refractivity contribution >= 4 is 39.0 Å². The molecule has 2 N–H and O–H groups in total. The van der Waals surface area contributed by atoms with Crippen LogP contribution in [0.15, 0.2) is 15.9 Å². The lowest BCUT2D eigenvalue weighted by Crippen LogP contribution is -1.99. The molecule has 12 heavy (non-hydrogen) atoms. The number of rotatable bonds is 5. The summed E-state index contributed by atoms with van der Waals surface area (Å²) in [6.07, 6.45) is 1.12. The monoisotopic (exact) mass is 265 g/mol. The molecular formula is C8H12BrNS2. The molecule has 1 aromatic rings. The Kier molecular flexibility index (Phi) is 5.30. The van der Waals surface area contributed by atoms with Crippen LogP contribution < -0.4 is 5.73 Å². The van der Waals surface area contributed by atoms with Crippen LogP contribution in [0.25, 0.3) is 0 Å². The van der Waals surface area contributed by atoms with Crippen molar-refractivity contribution in [2.45, 2.75) is 12.2 Å². The zero-order valence-corrected chi connectivity index (χ0v) is 9.97. The minimum Gasteiger partial charge on any atom is -0.330 e. The zero-order chi connectivity index (χ0) is 8.81. The van der Waals surface area contributed by atoms with E-state index in [4.69, 9.17) is 5.73 Å². The van der Waals surface area contributed by atoms with Crippen LogP contribution in [-0.2, 0) is 5.75 Å². The van der Waals surface area contributed by atoms with Gasteiger partial charge in [0.15, 0.2) is 0 Å². The molecule has 1 rings (SSSR count). The second-order valence-corrected chi connectivity index (χ2v) is 6.05. The van der Waals surface area contributed by atoms with Crippen LogP contribution in [0.5, 0.6) is 0 Å². The molecule has 0 spiro atoms. The van der Waals surface area contributed by atoms with Gasteiger partial charge in [-0.3, -0.25) is 0 Å². The standard InChI is InChI=1S/C8H12BrNS2/c9-8-3-2-7(12-8)6-11-5-1-4-10/h2-3H,1,4-6,10H2. The van der Waals surface area contributed by atoms with Crippen molar-refractivity contribution in [3.8, 4) is 0 Å². The topological polar surface area (TPSA) is 26.0 Å². The van der Waals surface area contributed by atoms with Gasteiger partial charge in [-0.15, -0.1) is 11.3 Å². The van der Waals surface area contributed by atoms with E-state index in [1.807, 2.05) is 23.1 Å². The van der Waals surface area contributed by atoms with Gasteiger partial charge in [0.1, 0.15) is 0 Å². The number of thioether (sulfide) groups is 1. The molecule has 0 aromatic carbocycles. The third-order valence-electron chi connectivity index (χ3n) is 1.37. The van der Waals surface area contributed by atoms with Gasteiger partial charge in [0.05, 0.1) is 3.79 Å². The fourth-order valence-corrected chi connectivity index (χ4v) is 3.36. The van der Waals surface area contributed by atoms with Crippen molar-refractivity contribution in [1.29, 1.82) is 0 Å². The van der Waals surface area contributed by atoms with Gasteiger partial charge >= 0.3 is 0 Å². The summed E-state index contributed by atoms with van der Waals surface area (Å²) in [5.41, 5.74) is 5.39. The van der Waals surface area contributed by atoms with Crippen LogP contribution >= 0.6 is 39.0 Å². The van der Waals surface area contributed by atoms with Gasteiger partial charge in [0, 0.05) is 10.6 Å². The van der Waals surface area contributed by atoms with Crippen LogP contribution in [0.4, 0.5) is 0 Å². The van der Waals surface area contributed by atoms with Crippen molar-refractivity contribution in [2.24, 2.45) is 5.73 Å². The molecule has 68 valence electrons. The lowest BCUT2D eigenvalue weighted by atomic mass is 10.5. The highest BCUT2D eigenvalue weighted by atomic mass is 79.9. The van der Waals surface area contributed by atoms with E-state index in [1.165, 1.54) is 14.4 Å². The van der Waals surface area contributed by atoms with E-state index >= 15 is 0 Å². The van der Waals surface area contributed by atoms with Gasteiger partial charge < -0.3 is 5.73 Å². The fraction of sp³-hybridized carbons (Fsp3) is 0.500. The summed E-state index contributed by atoms with van der Waals surface area (Å²) in [6, 6.07) is 4.27. The first-order chi connectivity index (χ1) is 5.83. The van der Waals surface area contributed by atoms with Crippen molar-refractivity contribution in [1.82, 2.24) is 0 Å². The fourth-order valence-electron chi connectivity index (χ4n) is 0.787. The molecule has 1 aromatic heterocycles. The third-order valence-corrected chi connectivity index (χ3v) is 4.26. The Bertz CT molecular complexity index is 225. The highest BCUT2D eigenvalue weighted by Crippen LogP contribution is 2.25. The first kappa shape index (κ1) is 10.6. The second-order valence-electron chi connectivity index (χ2n) is 2.40. The predicted molar refractivity (Wildman–Crippen MR) is 61.9 cm³/mol. The minimum atomic E-state index is 0.807. The van der Waals surface area contributed by atoms with E-state index in [2.05, 4.69) is 28.1 Å². The molecule has 0 saturated heterocycles. The Labute approximate surface area is 89.9 Å². The number of hydrogen-bond acceptors (Lipinski definition) is 3. The molecule has 0 radical (unpaired) electrons. The Morgan fingerprint density at radius 1 is 1.50 bits per heavy atom. The lowest BCUT2D eigenvalue weighted by molar-refractivity contribution is 0.943. The van der Waals surface area contributed by atoms with Crippen molar-refractivity contribution < 1.29 is 0 Å². The maximum absolute atomic E-state index is 5.39. The number of halogens is 1. The predicted octanol–water partition coefficient (Wildman–Crippen LogP) is 3.09. The van der Waals surface area contributed by atoms with Crippen molar-refractivity contribution in [3.63, 3.8) is 0 Å². The highest BCUT2D eigenvalue weighted by molar-refractivity contribution is 9.11. The molecule has 0 unspecified atom stereocenters. The molecule has 0 bridgehead atoms. The van der Waals surface area contributed by atoms with Gasteiger partial charge in [0.2, 0.25) is 0 Å². The van der Waals surface area contributed by atoms with E-state index < -0.39 is 0 Å². The third kappa shape index (κ3) is 3.94. The SMILES string of the molecule is NCCCSCc1ccc(Br)s1. The molecule has 1 nitrogen and oxygen atoms in total. The first-order valence-electron chi connectivity index (χ1n) is 3.85. The normalized spacial score (nSPS) is 10.5. The average molecular weight is 266 g/mol. The number of hydrogen-bond donors (Lipinski definition) is 1. The molecular weight excluding hydrogens is 254 g/mol. The Hall–Kier alpha value is 0.490. The van der Waals surface area contributed by atoms with Crippen molar-refractivity contribution in [2.75, 3.05) is 12.3 Å². The van der Waals surface area contributed by atoms with Crippen LogP contribution in [0, 0.1) is 0 Å². The van der Waals surface area contributed by atoms with Gasteiger partial charge in [-0.05, 0) is 46.8 Å². The summed E-state index contributed by atoms with van der Waals surface area (Å²) in [6.45, 7) is 0.807. The van der Waals surface area contributed by atoms with E-state index in [9.17, 15) is 0 Å². The molecule has 0 fully saturated rings. The minimum absolute atomic E-state index is 0.807. The Balaban J connectivity index is 2.15. The maximum atomic E-state index is 5.39. The molecule has 0 aliphatic heterocycles. The molecule has 0 saturated carbocycles. The summed E-state index contributed by atoms with van der Waals surface area (Å²) in [5.74, 6) is 2.29. The van der Waals surface area contributed by atoms with E-state index in [-0.39, 0.29) is 0 Å². The molecule has 4 heteroatoms. The number of thiophene rings is 1. The molecule has 0 atom stereocenters. The maximum Gasteiger partial charge on any atom is 0.0701 e. The van der Waals surface area contributed by atoms with Gasteiger partial charge in [-0.1, -0.05) is 0 Å². The summed E-state index contributed by atoms with van der Waals surface area (Å²) in [4.78, 5) is 1.43. The van der Waals surface area contributed by atoms with Crippen molar-refractivity contribution in [3.05, 3.63) is 20.8 Å². The van der Waals surface area contributed by atoms with E-state index in [1.54, 1.807) is 0 Å². The Morgan fingerprint density at radius 2 is 2.33 bits per heavy atom. The lowest BCUT2D eigenvalue weighted by Gasteiger charge is -1.96. The quantitative estimate of drug-likeness (QED) is 0.829. The summed E-state index contributed by atoms with van der Waals surface area (Å²) in [5, 5.41) is 0. The van der Waals surface area contributed by atoms with Crippen LogP contribution in [-0.4, -0.2) is 12.3 Å². The highest BCUT2D eigenvalue weighted by Gasteiger charge is 1.96.